The second-order valence-electron chi connectivity index (χ2n) is 3.62. The number of nitrogen functional groups attached to an aromatic ring is 1. The van der Waals surface area contributed by atoms with Gasteiger partial charge in [0, 0.05) is 5.92 Å². The molecule has 80 valence electrons. The van der Waals surface area contributed by atoms with Gasteiger partial charge in [0.2, 0.25) is 0 Å². The molecule has 0 bridgehead atoms. The Morgan fingerprint density at radius 1 is 1.29 bits per heavy atom. The van der Waals surface area contributed by atoms with Crippen molar-refractivity contribution in [3.8, 4) is 0 Å². The van der Waals surface area contributed by atoms with E-state index in [9.17, 15) is 0 Å². The van der Waals surface area contributed by atoms with Crippen LogP contribution in [0.1, 0.15) is 56.7 Å². The molecule has 0 unspecified atom stereocenters. The van der Waals surface area contributed by atoms with Crippen LogP contribution in [-0.2, 0) is 6.42 Å². The summed E-state index contributed by atoms with van der Waals surface area (Å²) in [6.45, 7) is 6.58. The summed E-state index contributed by atoms with van der Waals surface area (Å²) in [5, 5.41) is 2.13. The summed E-state index contributed by atoms with van der Waals surface area (Å²) < 4.78 is 0. The maximum Gasteiger partial charge on any atom is 0.110 e. The first-order valence-corrected chi connectivity index (χ1v) is 6.29. The molecule has 0 atom stereocenters. The Balaban J connectivity index is 2.85. The van der Waals surface area contributed by atoms with Crippen molar-refractivity contribution in [3.05, 3.63) is 10.7 Å². The van der Waals surface area contributed by atoms with E-state index < -0.39 is 0 Å². The molecule has 0 amide bonds. The largest absolute Gasteiger partial charge is 0.389 e. The highest BCUT2D eigenvalue weighted by Crippen LogP contribution is 2.31. The van der Waals surface area contributed by atoms with Crippen LogP contribution in [0.15, 0.2) is 0 Å². The van der Waals surface area contributed by atoms with Crippen molar-refractivity contribution in [2.45, 2.75) is 52.4 Å². The molecule has 0 saturated heterocycles. The summed E-state index contributed by atoms with van der Waals surface area (Å²) >= 11 is 1.66. The topological polar surface area (TPSA) is 38.9 Å². The fraction of sp³-hybridized carbons (Fsp3) is 0.727. The number of aryl methyl sites for hydroxylation is 1. The molecular weight excluding hydrogens is 192 g/mol. The van der Waals surface area contributed by atoms with E-state index in [0.29, 0.717) is 5.92 Å². The maximum absolute atomic E-state index is 5.98. The number of rotatable bonds is 5. The molecule has 0 aliphatic heterocycles. The van der Waals surface area contributed by atoms with Gasteiger partial charge in [-0.25, -0.2) is 4.98 Å². The van der Waals surface area contributed by atoms with E-state index in [1.54, 1.807) is 11.3 Å². The molecule has 1 heterocycles. The molecule has 0 aliphatic rings. The molecule has 1 aromatic rings. The number of nitrogens with two attached hydrogens (primary N) is 1. The van der Waals surface area contributed by atoms with E-state index in [0.717, 1.165) is 36.4 Å². The molecule has 1 aromatic heterocycles. The third-order valence-corrected chi connectivity index (χ3v) is 3.52. The Bertz CT molecular complexity index is 277. The fourth-order valence-electron chi connectivity index (χ4n) is 1.68. The van der Waals surface area contributed by atoms with Crippen molar-refractivity contribution in [1.82, 2.24) is 4.98 Å². The van der Waals surface area contributed by atoms with E-state index in [2.05, 4.69) is 25.8 Å². The molecule has 3 heteroatoms. The van der Waals surface area contributed by atoms with E-state index in [4.69, 9.17) is 5.73 Å². The Kier molecular flexibility index (Phi) is 4.39. The minimum atomic E-state index is 0.553. The first kappa shape index (κ1) is 11.5. The van der Waals surface area contributed by atoms with Crippen molar-refractivity contribution >= 4 is 16.3 Å². The van der Waals surface area contributed by atoms with Gasteiger partial charge in [0.05, 0.1) is 10.7 Å². The van der Waals surface area contributed by atoms with Crippen LogP contribution in [0.5, 0.6) is 0 Å². The first-order chi connectivity index (χ1) is 6.72. The minimum absolute atomic E-state index is 0.553. The molecule has 0 radical (unpaired) electrons. The summed E-state index contributed by atoms with van der Waals surface area (Å²) in [7, 11) is 0. The Hall–Kier alpha value is -0.570. The van der Waals surface area contributed by atoms with Gasteiger partial charge in [-0.15, -0.1) is 11.3 Å². The van der Waals surface area contributed by atoms with Gasteiger partial charge in [-0.2, -0.15) is 0 Å². The van der Waals surface area contributed by atoms with Crippen LogP contribution in [-0.4, -0.2) is 4.98 Å². The van der Waals surface area contributed by atoms with Crippen molar-refractivity contribution in [3.63, 3.8) is 0 Å². The lowest BCUT2D eigenvalue weighted by molar-refractivity contribution is 0.626. The number of hydrogen-bond donors (Lipinski definition) is 1. The third-order valence-electron chi connectivity index (χ3n) is 2.56. The zero-order valence-electron chi connectivity index (χ0n) is 9.34. The number of nitrogens with zero attached hydrogens (tertiary/aromatic N) is 1. The Morgan fingerprint density at radius 2 is 1.93 bits per heavy atom. The summed E-state index contributed by atoms with van der Waals surface area (Å²) in [6, 6.07) is 0. The van der Waals surface area contributed by atoms with Crippen LogP contribution < -0.4 is 5.73 Å². The van der Waals surface area contributed by atoms with E-state index >= 15 is 0 Å². The zero-order valence-corrected chi connectivity index (χ0v) is 10.2. The zero-order chi connectivity index (χ0) is 10.6. The van der Waals surface area contributed by atoms with Gasteiger partial charge in [0.25, 0.3) is 0 Å². The van der Waals surface area contributed by atoms with Crippen LogP contribution in [0.4, 0.5) is 5.00 Å². The van der Waals surface area contributed by atoms with Gasteiger partial charge >= 0.3 is 0 Å². The average molecular weight is 212 g/mol. The van der Waals surface area contributed by atoms with Crippen LogP contribution in [0.25, 0.3) is 0 Å². The molecule has 0 spiro atoms. The van der Waals surface area contributed by atoms with Crippen molar-refractivity contribution in [1.29, 1.82) is 0 Å². The number of anilines is 1. The van der Waals surface area contributed by atoms with Crippen LogP contribution >= 0.6 is 11.3 Å². The van der Waals surface area contributed by atoms with Crippen LogP contribution in [0.2, 0.25) is 0 Å². The van der Waals surface area contributed by atoms with Gasteiger partial charge in [0.15, 0.2) is 0 Å². The van der Waals surface area contributed by atoms with Crippen LogP contribution in [0.3, 0.4) is 0 Å². The predicted octanol–water partition coefficient (Wildman–Crippen LogP) is 3.58. The molecular formula is C11H20N2S. The summed E-state index contributed by atoms with van der Waals surface area (Å²) in [5.74, 6) is 0.553. The normalized spacial score (nSPS) is 11.1. The molecule has 2 N–H and O–H groups in total. The SMILES string of the molecule is CCCc1nc(C(CC)CC)c(N)s1. The quantitative estimate of drug-likeness (QED) is 0.810. The highest BCUT2D eigenvalue weighted by Gasteiger charge is 2.15. The molecule has 0 aromatic carbocycles. The average Bonchev–Trinajstić information content (AvgIpc) is 2.51. The standard InChI is InChI=1S/C11H20N2S/c1-4-7-9-13-10(11(12)14-9)8(5-2)6-3/h8H,4-7,12H2,1-3H3. The van der Waals surface area contributed by atoms with Crippen molar-refractivity contribution < 1.29 is 0 Å². The smallest absolute Gasteiger partial charge is 0.110 e. The van der Waals surface area contributed by atoms with Crippen LogP contribution in [0, 0.1) is 0 Å². The molecule has 0 saturated carbocycles. The van der Waals surface area contributed by atoms with E-state index in [-0.39, 0.29) is 0 Å². The van der Waals surface area contributed by atoms with Crippen molar-refractivity contribution in [2.24, 2.45) is 0 Å². The lowest BCUT2D eigenvalue weighted by atomic mass is 10.00. The lowest BCUT2D eigenvalue weighted by Crippen LogP contribution is -1.99. The summed E-state index contributed by atoms with van der Waals surface area (Å²) in [4.78, 5) is 4.64. The van der Waals surface area contributed by atoms with Crippen molar-refractivity contribution in [2.75, 3.05) is 5.73 Å². The Labute approximate surface area is 90.6 Å². The van der Waals surface area contributed by atoms with Gasteiger partial charge < -0.3 is 5.73 Å². The second-order valence-corrected chi connectivity index (χ2v) is 4.74. The first-order valence-electron chi connectivity index (χ1n) is 5.47. The summed E-state index contributed by atoms with van der Waals surface area (Å²) in [6.07, 6.45) is 4.48. The maximum atomic E-state index is 5.98. The van der Waals surface area contributed by atoms with E-state index in [1.807, 2.05) is 0 Å². The monoisotopic (exact) mass is 212 g/mol. The molecule has 14 heavy (non-hydrogen) atoms. The van der Waals surface area contributed by atoms with Gasteiger partial charge in [-0.1, -0.05) is 20.8 Å². The molecule has 0 fully saturated rings. The minimum Gasteiger partial charge on any atom is -0.389 e. The van der Waals surface area contributed by atoms with Gasteiger partial charge in [-0.3, -0.25) is 0 Å². The molecule has 2 nitrogen and oxygen atoms in total. The fourth-order valence-corrected chi connectivity index (χ4v) is 2.70. The van der Waals surface area contributed by atoms with Gasteiger partial charge in [0.1, 0.15) is 5.00 Å². The Morgan fingerprint density at radius 3 is 2.43 bits per heavy atom. The predicted molar refractivity (Wildman–Crippen MR) is 63.8 cm³/mol. The molecule has 1 rings (SSSR count). The highest BCUT2D eigenvalue weighted by molar-refractivity contribution is 7.15. The molecule has 0 aliphatic carbocycles. The second kappa shape index (κ2) is 5.35. The third kappa shape index (κ3) is 2.47. The number of hydrogen-bond acceptors (Lipinski definition) is 3. The van der Waals surface area contributed by atoms with Gasteiger partial charge in [-0.05, 0) is 25.7 Å². The summed E-state index contributed by atoms with van der Waals surface area (Å²) in [5.41, 5.74) is 7.12. The number of thiazole rings is 1. The van der Waals surface area contributed by atoms with E-state index in [1.165, 1.54) is 5.01 Å². The lowest BCUT2D eigenvalue weighted by Gasteiger charge is -2.09. The highest BCUT2D eigenvalue weighted by atomic mass is 32.1. The number of aromatic nitrogens is 1.